The molecule has 0 spiro atoms. The van der Waals surface area contributed by atoms with Crippen molar-refractivity contribution < 1.29 is 22.6 Å². The van der Waals surface area contributed by atoms with Gasteiger partial charge in [0.25, 0.3) is 0 Å². The lowest BCUT2D eigenvalue weighted by Crippen LogP contribution is -2.09. The summed E-state index contributed by atoms with van der Waals surface area (Å²) in [6.45, 7) is -0.0580. The molecule has 98 valence electrons. The van der Waals surface area contributed by atoms with Gasteiger partial charge in [0.1, 0.15) is 11.5 Å². The highest BCUT2D eigenvalue weighted by Crippen LogP contribution is 2.24. The first kappa shape index (κ1) is 14.2. The van der Waals surface area contributed by atoms with E-state index in [1.807, 2.05) is 6.07 Å². The van der Waals surface area contributed by atoms with Crippen LogP contribution < -0.4 is 9.47 Å². The molecule has 0 fully saturated rings. The van der Waals surface area contributed by atoms with Crippen LogP contribution in [0.2, 0.25) is 0 Å². The van der Waals surface area contributed by atoms with Crippen molar-refractivity contribution in [3.8, 4) is 17.6 Å². The van der Waals surface area contributed by atoms with Gasteiger partial charge in [-0.1, -0.05) is 0 Å². The van der Waals surface area contributed by atoms with Gasteiger partial charge in [0, 0.05) is 12.5 Å². The number of ether oxygens (including phenoxy) is 2. The fraction of sp³-hybridized carbons (Fsp3) is 0.417. The van der Waals surface area contributed by atoms with E-state index in [1.54, 1.807) is 0 Å². The molecule has 0 saturated carbocycles. The maximum Gasteiger partial charge on any atom is 0.389 e. The maximum absolute atomic E-state index is 11.9. The van der Waals surface area contributed by atoms with Crippen molar-refractivity contribution in [2.45, 2.75) is 19.0 Å². The average Bonchev–Trinajstić information content (AvgIpc) is 2.33. The SMILES string of the molecule is COc1cc(C#N)cc(OCCCC(F)(F)F)c1. The lowest BCUT2D eigenvalue weighted by molar-refractivity contribution is -0.136. The van der Waals surface area contributed by atoms with Crippen LogP contribution >= 0.6 is 0 Å². The first-order chi connectivity index (χ1) is 8.44. The van der Waals surface area contributed by atoms with Crippen LogP contribution in [-0.2, 0) is 0 Å². The number of halogens is 3. The number of nitrogens with zero attached hydrogens (tertiary/aromatic N) is 1. The van der Waals surface area contributed by atoms with Crippen molar-refractivity contribution in [3.63, 3.8) is 0 Å². The molecule has 18 heavy (non-hydrogen) atoms. The van der Waals surface area contributed by atoms with Crippen molar-refractivity contribution in [2.75, 3.05) is 13.7 Å². The number of methoxy groups -OCH3 is 1. The Hall–Kier alpha value is -1.90. The number of rotatable bonds is 5. The van der Waals surface area contributed by atoms with E-state index in [-0.39, 0.29) is 13.0 Å². The Balaban J connectivity index is 2.54. The number of benzene rings is 1. The van der Waals surface area contributed by atoms with Gasteiger partial charge in [-0.15, -0.1) is 0 Å². The van der Waals surface area contributed by atoms with Crippen LogP contribution in [0.3, 0.4) is 0 Å². The van der Waals surface area contributed by atoms with Gasteiger partial charge in [0.05, 0.1) is 25.3 Å². The number of nitriles is 1. The second-order valence-corrected chi connectivity index (χ2v) is 3.58. The van der Waals surface area contributed by atoms with E-state index < -0.39 is 12.6 Å². The highest BCUT2D eigenvalue weighted by molar-refractivity contribution is 5.43. The summed E-state index contributed by atoms with van der Waals surface area (Å²) in [5.41, 5.74) is 0.333. The van der Waals surface area contributed by atoms with Gasteiger partial charge in [-0.2, -0.15) is 18.4 Å². The highest BCUT2D eigenvalue weighted by Gasteiger charge is 2.26. The third kappa shape index (κ3) is 4.95. The zero-order valence-corrected chi connectivity index (χ0v) is 9.75. The molecule has 0 N–H and O–H groups in total. The number of hydrogen-bond donors (Lipinski definition) is 0. The van der Waals surface area contributed by atoms with Gasteiger partial charge in [-0.25, -0.2) is 0 Å². The normalized spacial score (nSPS) is 10.8. The van der Waals surface area contributed by atoms with E-state index in [1.165, 1.54) is 25.3 Å². The standard InChI is InChI=1S/C12H12F3NO2/c1-17-10-5-9(8-16)6-11(7-10)18-4-2-3-12(13,14)15/h5-7H,2-4H2,1H3. The Morgan fingerprint density at radius 2 is 1.89 bits per heavy atom. The Bertz CT molecular complexity index is 438. The molecule has 0 saturated heterocycles. The molecule has 1 aromatic rings. The Labute approximate surface area is 103 Å². The number of alkyl halides is 3. The summed E-state index contributed by atoms with van der Waals surface area (Å²) in [5, 5.41) is 8.75. The lowest BCUT2D eigenvalue weighted by atomic mass is 10.2. The molecule has 1 rings (SSSR count). The van der Waals surface area contributed by atoms with Gasteiger partial charge < -0.3 is 9.47 Å². The average molecular weight is 259 g/mol. The monoisotopic (exact) mass is 259 g/mol. The van der Waals surface area contributed by atoms with Gasteiger partial charge in [-0.3, -0.25) is 0 Å². The summed E-state index contributed by atoms with van der Waals surface area (Å²) in [5.74, 6) is 0.757. The predicted molar refractivity (Wildman–Crippen MR) is 58.5 cm³/mol. The van der Waals surface area contributed by atoms with Crippen LogP contribution in [-0.4, -0.2) is 19.9 Å². The summed E-state index contributed by atoms with van der Waals surface area (Å²) in [4.78, 5) is 0. The molecular formula is C12H12F3NO2. The van der Waals surface area contributed by atoms with Crippen LogP contribution in [0.25, 0.3) is 0 Å². The molecule has 0 aliphatic carbocycles. The van der Waals surface area contributed by atoms with Crippen LogP contribution in [0.4, 0.5) is 13.2 Å². The molecule has 0 atom stereocenters. The molecule has 0 radical (unpaired) electrons. The molecule has 0 amide bonds. The van der Waals surface area contributed by atoms with Crippen LogP contribution in [0.15, 0.2) is 18.2 Å². The molecule has 0 aliphatic heterocycles. The molecule has 0 aromatic heterocycles. The van der Waals surface area contributed by atoms with Crippen molar-refractivity contribution in [1.29, 1.82) is 5.26 Å². The van der Waals surface area contributed by atoms with Crippen molar-refractivity contribution in [2.24, 2.45) is 0 Å². The van der Waals surface area contributed by atoms with Gasteiger partial charge >= 0.3 is 6.18 Å². The van der Waals surface area contributed by atoms with E-state index in [0.717, 1.165) is 0 Å². The molecule has 0 aliphatic rings. The largest absolute Gasteiger partial charge is 0.497 e. The second-order valence-electron chi connectivity index (χ2n) is 3.58. The Morgan fingerprint density at radius 1 is 1.22 bits per heavy atom. The van der Waals surface area contributed by atoms with Gasteiger partial charge in [-0.05, 0) is 18.6 Å². The van der Waals surface area contributed by atoms with Crippen molar-refractivity contribution in [3.05, 3.63) is 23.8 Å². The molecule has 0 bridgehead atoms. The first-order valence-corrected chi connectivity index (χ1v) is 5.23. The van der Waals surface area contributed by atoms with E-state index in [9.17, 15) is 13.2 Å². The van der Waals surface area contributed by atoms with Crippen molar-refractivity contribution in [1.82, 2.24) is 0 Å². The topological polar surface area (TPSA) is 42.2 Å². The van der Waals surface area contributed by atoms with E-state index in [2.05, 4.69) is 0 Å². The number of hydrogen-bond acceptors (Lipinski definition) is 3. The molecule has 3 nitrogen and oxygen atoms in total. The summed E-state index contributed by atoms with van der Waals surface area (Å²) < 4.78 is 45.8. The van der Waals surface area contributed by atoms with Gasteiger partial charge in [0.15, 0.2) is 0 Å². The maximum atomic E-state index is 11.9. The minimum Gasteiger partial charge on any atom is -0.497 e. The van der Waals surface area contributed by atoms with Crippen molar-refractivity contribution >= 4 is 0 Å². The highest BCUT2D eigenvalue weighted by atomic mass is 19.4. The second kappa shape index (κ2) is 6.15. The minimum atomic E-state index is -4.17. The summed E-state index contributed by atoms with van der Waals surface area (Å²) in [6, 6.07) is 6.41. The smallest absolute Gasteiger partial charge is 0.389 e. The van der Waals surface area contributed by atoms with E-state index in [0.29, 0.717) is 17.1 Å². The van der Waals surface area contributed by atoms with E-state index in [4.69, 9.17) is 14.7 Å². The summed E-state index contributed by atoms with van der Waals surface area (Å²) in [7, 11) is 1.43. The first-order valence-electron chi connectivity index (χ1n) is 5.23. The fourth-order valence-corrected chi connectivity index (χ4v) is 1.30. The summed E-state index contributed by atoms with van der Waals surface area (Å²) >= 11 is 0. The van der Waals surface area contributed by atoms with Crippen LogP contribution in [0, 0.1) is 11.3 Å². The zero-order chi connectivity index (χ0) is 13.6. The quantitative estimate of drug-likeness (QED) is 0.762. The molecule has 6 heteroatoms. The predicted octanol–water partition coefficient (Wildman–Crippen LogP) is 3.29. The van der Waals surface area contributed by atoms with Gasteiger partial charge in [0.2, 0.25) is 0 Å². The van der Waals surface area contributed by atoms with Crippen LogP contribution in [0.5, 0.6) is 11.5 Å². The molecule has 0 unspecified atom stereocenters. The third-order valence-electron chi connectivity index (χ3n) is 2.12. The molecule has 1 aromatic carbocycles. The van der Waals surface area contributed by atoms with E-state index >= 15 is 0 Å². The fourth-order valence-electron chi connectivity index (χ4n) is 1.30. The molecule has 0 heterocycles. The summed E-state index contributed by atoms with van der Waals surface area (Å²) in [6.07, 6.45) is -5.18. The molecular weight excluding hydrogens is 247 g/mol. The lowest BCUT2D eigenvalue weighted by Gasteiger charge is -2.09. The Morgan fingerprint density at radius 3 is 2.44 bits per heavy atom. The minimum absolute atomic E-state index is 0.0580. The third-order valence-corrected chi connectivity index (χ3v) is 2.12. The Kier molecular flexibility index (Phi) is 4.84. The zero-order valence-electron chi connectivity index (χ0n) is 9.75. The van der Waals surface area contributed by atoms with Crippen LogP contribution in [0.1, 0.15) is 18.4 Å².